The number of carbonyl (C=O) groups excluding carboxylic acids is 1. The third-order valence-corrected chi connectivity index (χ3v) is 5.05. The Balaban J connectivity index is 1.51. The minimum absolute atomic E-state index is 0.162. The van der Waals surface area contributed by atoms with E-state index in [9.17, 15) is 4.79 Å². The summed E-state index contributed by atoms with van der Waals surface area (Å²) in [6.07, 6.45) is 8.65. The fraction of sp³-hybridized carbons (Fsp3) is 0.412. The number of carbonyl (C=O) groups is 1. The largest absolute Gasteiger partial charge is 0.324 e. The van der Waals surface area contributed by atoms with E-state index in [4.69, 9.17) is 0 Å². The molecule has 4 rings (SSSR count). The molecule has 1 unspecified atom stereocenters. The second-order valence-corrected chi connectivity index (χ2v) is 6.35. The van der Waals surface area contributed by atoms with Gasteiger partial charge in [0.1, 0.15) is 0 Å². The average molecular weight is 296 g/mol. The smallest absolute Gasteiger partial charge is 0.228 e. The molecule has 2 N–H and O–H groups in total. The van der Waals surface area contributed by atoms with Gasteiger partial charge in [-0.25, -0.2) is 4.98 Å². The highest BCUT2D eigenvalue weighted by Gasteiger charge is 2.57. The van der Waals surface area contributed by atoms with Crippen LogP contribution in [0.2, 0.25) is 0 Å². The van der Waals surface area contributed by atoms with E-state index in [1.807, 2.05) is 35.0 Å². The first-order valence-electron chi connectivity index (χ1n) is 7.87. The van der Waals surface area contributed by atoms with E-state index in [0.29, 0.717) is 0 Å². The second kappa shape index (κ2) is 5.25. The molecule has 0 bridgehead atoms. The van der Waals surface area contributed by atoms with Crippen LogP contribution in [0.15, 0.2) is 43.0 Å². The number of hydrogen-bond donors (Lipinski definition) is 2. The number of amides is 1. The number of rotatable bonds is 3. The van der Waals surface area contributed by atoms with Crippen LogP contribution >= 0.6 is 0 Å². The van der Waals surface area contributed by atoms with E-state index in [0.717, 1.165) is 43.7 Å². The predicted molar refractivity (Wildman–Crippen MR) is 84.8 cm³/mol. The number of nitrogens with one attached hydrogen (secondary N) is 2. The maximum absolute atomic E-state index is 12.6. The number of hydrogen-bond acceptors (Lipinski definition) is 3. The molecule has 5 heteroatoms. The van der Waals surface area contributed by atoms with Gasteiger partial charge in [-0.15, -0.1) is 0 Å². The zero-order valence-corrected chi connectivity index (χ0v) is 12.5. The molecule has 2 aliphatic rings. The Morgan fingerprint density at radius 1 is 1.32 bits per heavy atom. The molecule has 1 saturated heterocycles. The van der Waals surface area contributed by atoms with E-state index >= 15 is 0 Å². The molecule has 1 atom stereocenters. The maximum Gasteiger partial charge on any atom is 0.228 e. The van der Waals surface area contributed by atoms with Crippen LogP contribution in [0, 0.1) is 11.3 Å². The summed E-state index contributed by atoms with van der Waals surface area (Å²) in [5.41, 5.74) is 2.06. The van der Waals surface area contributed by atoms with Crippen LogP contribution in [0.3, 0.4) is 0 Å². The van der Waals surface area contributed by atoms with E-state index in [1.165, 1.54) is 0 Å². The Hall–Kier alpha value is -2.14. The molecule has 1 aromatic carbocycles. The molecule has 22 heavy (non-hydrogen) atoms. The van der Waals surface area contributed by atoms with Gasteiger partial charge in [0.15, 0.2) is 0 Å². The van der Waals surface area contributed by atoms with Crippen molar-refractivity contribution in [1.82, 2.24) is 14.9 Å². The maximum atomic E-state index is 12.6. The number of para-hydroxylation sites is 2. The summed E-state index contributed by atoms with van der Waals surface area (Å²) in [4.78, 5) is 16.7. The van der Waals surface area contributed by atoms with Crippen molar-refractivity contribution in [1.29, 1.82) is 0 Å². The Bertz CT molecular complexity index is 674. The first kappa shape index (κ1) is 13.5. The van der Waals surface area contributed by atoms with Gasteiger partial charge in [0.05, 0.1) is 17.7 Å². The van der Waals surface area contributed by atoms with Crippen molar-refractivity contribution >= 4 is 11.6 Å². The van der Waals surface area contributed by atoms with Crippen LogP contribution in [-0.4, -0.2) is 28.5 Å². The number of benzene rings is 1. The average Bonchev–Trinajstić information content (AvgIpc) is 2.99. The molecule has 0 radical (unpaired) electrons. The van der Waals surface area contributed by atoms with Crippen molar-refractivity contribution in [2.45, 2.75) is 19.3 Å². The first-order valence-corrected chi connectivity index (χ1v) is 7.87. The molecule has 2 aromatic rings. The number of aromatic nitrogens is 2. The fourth-order valence-electron chi connectivity index (χ4n) is 3.62. The summed E-state index contributed by atoms with van der Waals surface area (Å²) >= 11 is 0. The third-order valence-electron chi connectivity index (χ3n) is 5.05. The van der Waals surface area contributed by atoms with Crippen molar-refractivity contribution in [3.63, 3.8) is 0 Å². The molecule has 1 aliphatic carbocycles. The molecule has 1 amide bonds. The summed E-state index contributed by atoms with van der Waals surface area (Å²) in [7, 11) is 0. The molecule has 114 valence electrons. The van der Waals surface area contributed by atoms with Crippen LogP contribution in [0.1, 0.15) is 19.3 Å². The van der Waals surface area contributed by atoms with Crippen molar-refractivity contribution < 1.29 is 4.79 Å². The quantitative estimate of drug-likeness (QED) is 0.913. The molecule has 1 saturated carbocycles. The van der Waals surface area contributed by atoms with E-state index in [1.54, 1.807) is 12.5 Å². The van der Waals surface area contributed by atoms with Crippen molar-refractivity contribution in [2.75, 3.05) is 18.4 Å². The summed E-state index contributed by atoms with van der Waals surface area (Å²) in [6.45, 7) is 2.07. The normalized spacial score (nSPS) is 22.5. The lowest BCUT2D eigenvalue weighted by Crippen LogP contribution is -2.31. The van der Waals surface area contributed by atoms with Gasteiger partial charge >= 0.3 is 0 Å². The number of piperidine rings is 1. The SMILES string of the molecule is O=C(Nc1ccccc1-n1ccnc1)C1CC12CCNCC2. The van der Waals surface area contributed by atoms with E-state index < -0.39 is 0 Å². The van der Waals surface area contributed by atoms with Crippen LogP contribution in [0.4, 0.5) is 5.69 Å². The van der Waals surface area contributed by atoms with Gasteiger partial charge in [-0.3, -0.25) is 4.79 Å². The first-order chi connectivity index (χ1) is 10.8. The molecule has 5 nitrogen and oxygen atoms in total. The highest BCUT2D eigenvalue weighted by atomic mass is 16.2. The topological polar surface area (TPSA) is 59.0 Å². The van der Waals surface area contributed by atoms with Crippen LogP contribution in [0.5, 0.6) is 0 Å². The summed E-state index contributed by atoms with van der Waals surface area (Å²) in [5.74, 6) is 0.333. The Labute approximate surface area is 129 Å². The number of nitrogens with zero attached hydrogens (tertiary/aromatic N) is 2. The van der Waals surface area contributed by atoms with Gasteiger partial charge in [0, 0.05) is 18.3 Å². The standard InChI is InChI=1S/C17H20N4O/c22-16(13-11-17(13)5-7-18-8-6-17)20-14-3-1-2-4-15(14)21-10-9-19-12-21/h1-4,9-10,12-13,18H,5-8,11H2,(H,20,22). The Kier molecular flexibility index (Phi) is 3.22. The molecule has 1 spiro atoms. The summed E-state index contributed by atoms with van der Waals surface area (Å²) in [6, 6.07) is 7.86. The predicted octanol–water partition coefficient (Wildman–Crippen LogP) is 2.20. The molecule has 1 aromatic heterocycles. The van der Waals surface area contributed by atoms with Crippen LogP contribution in [-0.2, 0) is 4.79 Å². The van der Waals surface area contributed by atoms with Gasteiger partial charge < -0.3 is 15.2 Å². The van der Waals surface area contributed by atoms with Crippen molar-refractivity contribution in [2.24, 2.45) is 11.3 Å². The van der Waals surface area contributed by atoms with Crippen molar-refractivity contribution in [3.8, 4) is 5.69 Å². The highest BCUT2D eigenvalue weighted by Crippen LogP contribution is 2.58. The van der Waals surface area contributed by atoms with E-state index in [-0.39, 0.29) is 17.2 Å². The van der Waals surface area contributed by atoms with Gasteiger partial charge in [0.2, 0.25) is 5.91 Å². The monoisotopic (exact) mass is 296 g/mol. The zero-order valence-electron chi connectivity index (χ0n) is 12.5. The molecule has 2 heterocycles. The lowest BCUT2D eigenvalue weighted by atomic mass is 9.92. The number of anilines is 1. The highest BCUT2D eigenvalue weighted by molar-refractivity contribution is 5.96. The Morgan fingerprint density at radius 3 is 2.91 bits per heavy atom. The van der Waals surface area contributed by atoms with Gasteiger partial charge in [-0.2, -0.15) is 0 Å². The second-order valence-electron chi connectivity index (χ2n) is 6.35. The summed E-state index contributed by atoms with van der Waals surface area (Å²) in [5, 5.41) is 6.50. The van der Waals surface area contributed by atoms with E-state index in [2.05, 4.69) is 15.6 Å². The Morgan fingerprint density at radius 2 is 2.14 bits per heavy atom. The molecular formula is C17H20N4O. The summed E-state index contributed by atoms with van der Waals surface area (Å²) < 4.78 is 1.92. The van der Waals surface area contributed by atoms with Gasteiger partial charge in [0.25, 0.3) is 0 Å². The molecule has 2 fully saturated rings. The lowest BCUT2D eigenvalue weighted by Gasteiger charge is -2.23. The fourth-order valence-corrected chi connectivity index (χ4v) is 3.62. The number of imidazole rings is 1. The van der Waals surface area contributed by atoms with Gasteiger partial charge in [-0.1, -0.05) is 12.1 Å². The molecular weight excluding hydrogens is 276 g/mol. The lowest BCUT2D eigenvalue weighted by molar-refractivity contribution is -0.118. The van der Waals surface area contributed by atoms with Crippen LogP contribution < -0.4 is 10.6 Å². The minimum Gasteiger partial charge on any atom is -0.324 e. The van der Waals surface area contributed by atoms with Crippen LogP contribution in [0.25, 0.3) is 5.69 Å². The van der Waals surface area contributed by atoms with Crippen molar-refractivity contribution in [3.05, 3.63) is 43.0 Å². The van der Waals surface area contributed by atoms with Gasteiger partial charge in [-0.05, 0) is 49.9 Å². The third kappa shape index (κ3) is 2.31. The molecule has 1 aliphatic heterocycles. The minimum atomic E-state index is 0.162. The zero-order chi connectivity index (χ0) is 15.0.